The van der Waals surface area contributed by atoms with E-state index in [4.69, 9.17) is 17.0 Å². The summed E-state index contributed by atoms with van der Waals surface area (Å²) >= 11 is 6.79. The highest BCUT2D eigenvalue weighted by molar-refractivity contribution is 7.80. The molecule has 1 fully saturated rings. The second-order valence-corrected chi connectivity index (χ2v) is 8.37. The molecule has 0 atom stereocenters. The number of hydrogen-bond donors (Lipinski definition) is 1. The van der Waals surface area contributed by atoms with Crippen LogP contribution in [0.1, 0.15) is 25.3 Å². The SMILES string of the molecule is CC=NN(C(=S)N1CCC(C(=O)OC)CC1)c1csc(-c2ccc(C(F)(F)F)cc2)c1O. The first kappa shape index (κ1) is 24.0. The predicted octanol–water partition coefficient (Wildman–Crippen LogP) is 5.12. The van der Waals surface area contributed by atoms with Crippen molar-refractivity contribution in [3.05, 3.63) is 35.2 Å². The first-order valence-electron chi connectivity index (χ1n) is 9.81. The van der Waals surface area contributed by atoms with Crippen molar-refractivity contribution in [1.82, 2.24) is 4.90 Å². The molecular weight excluding hydrogens is 463 g/mol. The molecule has 0 bridgehead atoms. The van der Waals surface area contributed by atoms with E-state index in [-0.39, 0.29) is 17.6 Å². The summed E-state index contributed by atoms with van der Waals surface area (Å²) in [6.45, 7) is 2.77. The number of halogens is 3. The summed E-state index contributed by atoms with van der Waals surface area (Å²) < 4.78 is 43.3. The number of esters is 1. The molecule has 172 valence electrons. The molecule has 1 aliphatic rings. The van der Waals surface area contributed by atoms with E-state index in [0.29, 0.717) is 47.2 Å². The van der Waals surface area contributed by atoms with Crippen molar-refractivity contribution < 1.29 is 27.8 Å². The third-order valence-corrected chi connectivity index (χ3v) is 6.60. The van der Waals surface area contributed by atoms with Gasteiger partial charge in [0.15, 0.2) is 10.9 Å². The Morgan fingerprint density at radius 1 is 1.31 bits per heavy atom. The number of carbonyl (C=O) groups is 1. The number of hydrogen-bond acceptors (Lipinski definition) is 6. The van der Waals surface area contributed by atoms with E-state index in [1.807, 2.05) is 4.90 Å². The number of ether oxygens (including phenoxy) is 1. The van der Waals surface area contributed by atoms with Crippen LogP contribution in [-0.4, -0.2) is 47.5 Å². The highest BCUT2D eigenvalue weighted by Gasteiger charge is 2.31. The van der Waals surface area contributed by atoms with Gasteiger partial charge >= 0.3 is 12.1 Å². The van der Waals surface area contributed by atoms with E-state index >= 15 is 0 Å². The quantitative estimate of drug-likeness (QED) is 0.281. The number of thiophene rings is 1. The van der Waals surface area contributed by atoms with Crippen LogP contribution in [0.5, 0.6) is 5.75 Å². The Labute approximate surface area is 192 Å². The maximum atomic E-state index is 12.8. The molecular formula is C21H22F3N3O3S2. The van der Waals surface area contributed by atoms with Crippen molar-refractivity contribution >= 4 is 46.5 Å². The van der Waals surface area contributed by atoms with Gasteiger partial charge in [-0.25, -0.2) is 5.01 Å². The maximum Gasteiger partial charge on any atom is 0.416 e. The normalized spacial score (nSPS) is 15.2. The lowest BCUT2D eigenvalue weighted by Crippen LogP contribution is -2.45. The fraction of sp³-hybridized carbons (Fsp3) is 0.381. The van der Waals surface area contributed by atoms with Crippen LogP contribution in [0.25, 0.3) is 10.4 Å². The van der Waals surface area contributed by atoms with Gasteiger partial charge in [0, 0.05) is 24.7 Å². The number of piperidine rings is 1. The fourth-order valence-electron chi connectivity index (χ4n) is 3.45. The van der Waals surface area contributed by atoms with E-state index in [1.54, 1.807) is 12.3 Å². The van der Waals surface area contributed by atoms with Gasteiger partial charge in [-0.15, -0.1) is 11.3 Å². The molecule has 0 spiro atoms. The van der Waals surface area contributed by atoms with Gasteiger partial charge in [-0.05, 0) is 49.7 Å². The molecule has 1 aromatic heterocycles. The smallest absolute Gasteiger partial charge is 0.416 e. The molecule has 6 nitrogen and oxygen atoms in total. The van der Waals surface area contributed by atoms with E-state index in [1.165, 1.54) is 41.8 Å². The van der Waals surface area contributed by atoms with E-state index in [0.717, 1.165) is 12.1 Å². The predicted molar refractivity (Wildman–Crippen MR) is 122 cm³/mol. The topological polar surface area (TPSA) is 65.4 Å². The lowest BCUT2D eigenvalue weighted by molar-refractivity contribution is -0.146. The van der Waals surface area contributed by atoms with Crippen LogP contribution in [0.2, 0.25) is 0 Å². The Hall–Kier alpha value is -2.66. The van der Waals surface area contributed by atoms with E-state index < -0.39 is 11.7 Å². The summed E-state index contributed by atoms with van der Waals surface area (Å²) in [5.41, 5.74) is 0.0337. The Bertz CT molecular complexity index is 998. The zero-order valence-corrected chi connectivity index (χ0v) is 19.1. The second kappa shape index (κ2) is 9.86. The molecule has 2 aromatic rings. The van der Waals surface area contributed by atoms with Gasteiger partial charge in [0.05, 0.1) is 23.5 Å². The van der Waals surface area contributed by atoms with Gasteiger partial charge in [-0.1, -0.05) is 12.1 Å². The lowest BCUT2D eigenvalue weighted by atomic mass is 9.97. The highest BCUT2D eigenvalue weighted by atomic mass is 32.1. The summed E-state index contributed by atoms with van der Waals surface area (Å²) in [6.07, 6.45) is -1.73. The number of carbonyl (C=O) groups excluding carboxylic acids is 1. The van der Waals surface area contributed by atoms with Gasteiger partial charge in [0.2, 0.25) is 0 Å². The standard InChI is InChI=1S/C21H22F3N3O3S2/c1-3-25-27(20(31)26-10-8-14(9-11-26)19(29)30-2)16-12-32-18(17(16)28)13-4-6-15(7-5-13)21(22,23)24/h3-7,12,14,28H,8-11H2,1-2H3. The minimum atomic E-state index is -4.43. The summed E-state index contributed by atoms with van der Waals surface area (Å²) in [6, 6.07) is 4.60. The Morgan fingerprint density at radius 2 is 1.94 bits per heavy atom. The van der Waals surface area contributed by atoms with Gasteiger partial charge in [-0.3, -0.25) is 4.79 Å². The molecule has 11 heteroatoms. The molecule has 0 unspecified atom stereocenters. The van der Waals surface area contributed by atoms with Crippen LogP contribution in [0, 0.1) is 5.92 Å². The largest absolute Gasteiger partial charge is 0.504 e. The number of anilines is 1. The number of thiocarbonyl (C=S) groups is 1. The molecule has 0 aliphatic carbocycles. The van der Waals surface area contributed by atoms with Gasteiger partial charge < -0.3 is 14.7 Å². The zero-order chi connectivity index (χ0) is 23.5. The van der Waals surface area contributed by atoms with Crippen LogP contribution < -0.4 is 5.01 Å². The summed E-state index contributed by atoms with van der Waals surface area (Å²) in [7, 11) is 1.37. The molecule has 32 heavy (non-hydrogen) atoms. The molecule has 1 aliphatic heterocycles. The number of aromatic hydroxyl groups is 1. The Morgan fingerprint density at radius 3 is 2.47 bits per heavy atom. The van der Waals surface area contributed by atoms with Gasteiger partial charge in [0.25, 0.3) is 0 Å². The number of hydrazone groups is 1. The van der Waals surface area contributed by atoms with Crippen molar-refractivity contribution in [2.45, 2.75) is 25.9 Å². The molecule has 0 amide bonds. The number of likely N-dealkylation sites (tertiary alicyclic amines) is 1. The number of rotatable bonds is 4. The molecule has 1 N–H and O–H groups in total. The minimum Gasteiger partial charge on any atom is -0.504 e. The first-order valence-corrected chi connectivity index (χ1v) is 11.1. The third kappa shape index (κ3) is 5.04. The fourth-order valence-corrected chi connectivity index (χ4v) is 4.70. The Kier molecular flexibility index (Phi) is 7.40. The van der Waals surface area contributed by atoms with Crippen LogP contribution in [0.4, 0.5) is 18.9 Å². The number of benzene rings is 1. The van der Waals surface area contributed by atoms with Crippen LogP contribution in [0.15, 0.2) is 34.7 Å². The highest BCUT2D eigenvalue weighted by Crippen LogP contribution is 2.44. The van der Waals surface area contributed by atoms with Gasteiger partial charge in [-0.2, -0.15) is 18.3 Å². The monoisotopic (exact) mass is 485 g/mol. The van der Waals surface area contributed by atoms with Crippen LogP contribution >= 0.6 is 23.6 Å². The van der Waals surface area contributed by atoms with Crippen molar-refractivity contribution in [1.29, 1.82) is 0 Å². The summed E-state index contributed by atoms with van der Waals surface area (Å²) in [5, 5.41) is 18.6. The molecule has 3 rings (SSSR count). The third-order valence-electron chi connectivity index (χ3n) is 5.16. The number of methoxy groups -OCH3 is 1. The van der Waals surface area contributed by atoms with E-state index in [2.05, 4.69) is 5.10 Å². The van der Waals surface area contributed by atoms with Gasteiger partial charge in [0.1, 0.15) is 5.69 Å². The van der Waals surface area contributed by atoms with E-state index in [9.17, 15) is 23.1 Å². The van der Waals surface area contributed by atoms with Crippen molar-refractivity contribution in [2.24, 2.45) is 11.0 Å². The zero-order valence-electron chi connectivity index (χ0n) is 17.4. The lowest BCUT2D eigenvalue weighted by Gasteiger charge is -2.35. The minimum absolute atomic E-state index is 0.118. The van der Waals surface area contributed by atoms with Crippen molar-refractivity contribution in [3.63, 3.8) is 0 Å². The molecule has 0 radical (unpaired) electrons. The maximum absolute atomic E-state index is 12.8. The summed E-state index contributed by atoms with van der Waals surface area (Å²) in [5.74, 6) is -0.536. The molecule has 1 aromatic carbocycles. The van der Waals surface area contributed by atoms with Crippen molar-refractivity contribution in [2.75, 3.05) is 25.2 Å². The van der Waals surface area contributed by atoms with Crippen LogP contribution in [0.3, 0.4) is 0 Å². The van der Waals surface area contributed by atoms with Crippen molar-refractivity contribution in [3.8, 4) is 16.2 Å². The second-order valence-electron chi connectivity index (χ2n) is 7.13. The molecule has 1 saturated heterocycles. The number of alkyl halides is 3. The molecule has 0 saturated carbocycles. The molecule has 2 heterocycles. The average molecular weight is 486 g/mol. The Balaban J connectivity index is 1.81. The average Bonchev–Trinajstić information content (AvgIpc) is 3.17. The summed E-state index contributed by atoms with van der Waals surface area (Å²) in [4.78, 5) is 14.1. The number of nitrogens with zero attached hydrogens (tertiary/aromatic N) is 3. The van der Waals surface area contributed by atoms with Crippen LogP contribution in [-0.2, 0) is 15.7 Å². The first-order chi connectivity index (χ1) is 15.2.